The van der Waals surface area contributed by atoms with Crippen molar-refractivity contribution in [3.63, 3.8) is 0 Å². The highest BCUT2D eigenvalue weighted by atomic mass is 79.9. The molecule has 2 N–H and O–H groups in total. The maximum absolute atomic E-state index is 12.1. The molecule has 0 aliphatic heterocycles. The summed E-state index contributed by atoms with van der Waals surface area (Å²) in [6.45, 7) is 0. The number of hydrogen-bond acceptors (Lipinski definition) is 2. The Bertz CT molecular complexity index is 265. The fraction of sp³-hybridized carbons (Fsp3) is 0.167. The lowest BCUT2D eigenvalue weighted by molar-refractivity contribution is 0.150. The van der Waals surface area contributed by atoms with E-state index in [4.69, 9.17) is 5.73 Å². The van der Waals surface area contributed by atoms with Gasteiger partial charge in [-0.1, -0.05) is 0 Å². The molecule has 0 atom stereocenters. The number of hydrogen-bond donors (Lipinski definition) is 1. The van der Waals surface area contributed by atoms with E-state index in [0.717, 1.165) is 6.07 Å². The van der Waals surface area contributed by atoms with E-state index in [1.165, 1.54) is 6.20 Å². The Morgan fingerprint density at radius 3 is 2.64 bits per heavy atom. The van der Waals surface area contributed by atoms with Crippen molar-refractivity contribution >= 4 is 21.7 Å². The zero-order valence-electron chi connectivity index (χ0n) is 5.39. The summed E-state index contributed by atoms with van der Waals surface area (Å²) < 4.78 is 24.5. The van der Waals surface area contributed by atoms with Crippen LogP contribution < -0.4 is 5.73 Å². The van der Waals surface area contributed by atoms with Gasteiger partial charge in [0.05, 0.1) is 0 Å². The minimum atomic E-state index is -2.52. The number of pyridine rings is 1. The van der Waals surface area contributed by atoms with Crippen LogP contribution in [-0.4, -0.2) is 4.98 Å². The van der Waals surface area contributed by atoms with Crippen molar-refractivity contribution in [2.45, 2.75) is 6.43 Å². The van der Waals surface area contributed by atoms with Crippen molar-refractivity contribution in [2.75, 3.05) is 5.73 Å². The third-order valence-corrected chi connectivity index (χ3v) is 1.80. The van der Waals surface area contributed by atoms with Gasteiger partial charge >= 0.3 is 0 Å². The highest BCUT2D eigenvalue weighted by Gasteiger charge is 2.11. The molecule has 0 saturated heterocycles. The molecule has 0 aliphatic carbocycles. The molecule has 0 unspecified atom stereocenters. The van der Waals surface area contributed by atoms with Crippen molar-refractivity contribution in [1.29, 1.82) is 0 Å². The Morgan fingerprint density at radius 1 is 1.55 bits per heavy atom. The smallest absolute Gasteiger partial charge is 0.265 e. The summed E-state index contributed by atoms with van der Waals surface area (Å²) in [5, 5.41) is 0. The summed E-state index contributed by atoms with van der Waals surface area (Å²) in [7, 11) is 0. The molecular formula is C6H5BrF2N2. The molecule has 0 bridgehead atoms. The number of aromatic nitrogens is 1. The zero-order chi connectivity index (χ0) is 8.43. The molecule has 0 spiro atoms. The molecule has 0 aliphatic rings. The van der Waals surface area contributed by atoms with Crippen LogP contribution >= 0.6 is 15.9 Å². The zero-order valence-corrected chi connectivity index (χ0v) is 6.98. The first-order valence-electron chi connectivity index (χ1n) is 2.80. The Balaban J connectivity index is 3.13. The Labute approximate surface area is 70.6 Å². The first kappa shape index (κ1) is 8.39. The second-order valence-electron chi connectivity index (χ2n) is 1.93. The molecule has 0 radical (unpaired) electrons. The lowest BCUT2D eigenvalue weighted by atomic mass is 10.3. The molecule has 1 aromatic heterocycles. The molecule has 0 amide bonds. The maximum atomic E-state index is 12.1. The molecule has 2 nitrogen and oxygen atoms in total. The summed E-state index contributed by atoms with van der Waals surface area (Å²) in [5.41, 5.74) is 5.07. The van der Waals surface area contributed by atoms with Crippen molar-refractivity contribution in [1.82, 2.24) is 4.98 Å². The van der Waals surface area contributed by atoms with Crippen LogP contribution in [0, 0.1) is 0 Å². The number of halogens is 3. The van der Waals surface area contributed by atoms with E-state index < -0.39 is 6.43 Å². The average molecular weight is 223 g/mol. The molecule has 5 heteroatoms. The van der Waals surface area contributed by atoms with Crippen LogP contribution in [0.4, 0.5) is 14.6 Å². The number of nitrogen functional groups attached to an aromatic ring is 1. The molecule has 0 fully saturated rings. The monoisotopic (exact) mass is 222 g/mol. The Morgan fingerprint density at radius 2 is 2.18 bits per heavy atom. The first-order chi connectivity index (χ1) is 5.11. The molecule has 0 aromatic carbocycles. The van der Waals surface area contributed by atoms with E-state index in [-0.39, 0.29) is 15.9 Å². The highest BCUT2D eigenvalue weighted by Crippen LogP contribution is 2.27. The summed E-state index contributed by atoms with van der Waals surface area (Å²) in [5.74, 6) is 0.100. The van der Waals surface area contributed by atoms with Gasteiger partial charge in [-0.15, -0.1) is 0 Å². The molecular weight excluding hydrogens is 218 g/mol. The van der Waals surface area contributed by atoms with Gasteiger partial charge in [-0.05, 0) is 22.0 Å². The van der Waals surface area contributed by atoms with E-state index >= 15 is 0 Å². The minimum absolute atomic E-state index is 0.100. The van der Waals surface area contributed by atoms with Gasteiger partial charge < -0.3 is 5.73 Å². The fourth-order valence-corrected chi connectivity index (χ4v) is 1.03. The van der Waals surface area contributed by atoms with Gasteiger partial charge in [0.15, 0.2) is 0 Å². The first-order valence-corrected chi connectivity index (χ1v) is 3.59. The van der Waals surface area contributed by atoms with Gasteiger partial charge in [-0.3, -0.25) is 0 Å². The van der Waals surface area contributed by atoms with E-state index in [9.17, 15) is 8.78 Å². The summed E-state index contributed by atoms with van der Waals surface area (Å²) in [6, 6.07) is 1.15. The Hall–Kier alpha value is -0.710. The largest absolute Gasteiger partial charge is 0.384 e. The van der Waals surface area contributed by atoms with Gasteiger partial charge in [0.2, 0.25) is 0 Å². The van der Waals surface area contributed by atoms with Crippen molar-refractivity contribution in [2.24, 2.45) is 0 Å². The number of nitrogens with zero attached hydrogens (tertiary/aromatic N) is 1. The van der Waals surface area contributed by atoms with Gasteiger partial charge in [-0.2, -0.15) is 0 Å². The van der Waals surface area contributed by atoms with Crippen LogP contribution in [0.25, 0.3) is 0 Å². The van der Waals surface area contributed by atoms with Crippen molar-refractivity contribution < 1.29 is 8.78 Å². The maximum Gasteiger partial charge on any atom is 0.265 e. The van der Waals surface area contributed by atoms with Crippen LogP contribution in [-0.2, 0) is 0 Å². The van der Waals surface area contributed by atoms with Crippen LogP contribution in [0.1, 0.15) is 12.0 Å². The van der Waals surface area contributed by atoms with Crippen molar-refractivity contribution in [3.8, 4) is 0 Å². The van der Waals surface area contributed by atoms with Crippen molar-refractivity contribution in [3.05, 3.63) is 22.3 Å². The molecule has 60 valence electrons. The standard InChI is InChI=1S/C6H5BrF2N2/c7-4-2-11-5(10)1-3(4)6(8)9/h1-2,6H,(H2,10,11). The lowest BCUT2D eigenvalue weighted by Gasteiger charge is -2.02. The number of rotatable bonds is 1. The van der Waals surface area contributed by atoms with Gasteiger partial charge in [0.1, 0.15) is 5.82 Å². The molecule has 0 saturated carbocycles. The summed E-state index contributed by atoms with van der Waals surface area (Å²) in [6.07, 6.45) is -1.26. The topological polar surface area (TPSA) is 38.9 Å². The quantitative estimate of drug-likeness (QED) is 0.793. The molecule has 1 heterocycles. The number of nitrogens with two attached hydrogens (primary N) is 1. The lowest BCUT2D eigenvalue weighted by Crippen LogP contribution is -1.93. The molecule has 11 heavy (non-hydrogen) atoms. The SMILES string of the molecule is Nc1cc(C(F)F)c(Br)cn1. The predicted molar refractivity (Wildman–Crippen MR) is 41.3 cm³/mol. The average Bonchev–Trinajstić information content (AvgIpc) is 1.94. The molecule has 1 aromatic rings. The second kappa shape index (κ2) is 3.13. The van der Waals surface area contributed by atoms with Crippen LogP contribution in [0.2, 0.25) is 0 Å². The third kappa shape index (κ3) is 1.86. The van der Waals surface area contributed by atoms with Gasteiger partial charge in [-0.25, -0.2) is 13.8 Å². The van der Waals surface area contributed by atoms with Crippen LogP contribution in [0.3, 0.4) is 0 Å². The number of alkyl halides is 2. The molecule has 1 rings (SSSR count). The Kier molecular flexibility index (Phi) is 2.38. The fourth-order valence-electron chi connectivity index (χ4n) is 0.639. The van der Waals surface area contributed by atoms with Gasteiger partial charge in [0, 0.05) is 16.2 Å². The van der Waals surface area contributed by atoms with E-state index in [1.54, 1.807) is 0 Å². The summed E-state index contributed by atoms with van der Waals surface area (Å²) in [4.78, 5) is 3.62. The predicted octanol–water partition coefficient (Wildman–Crippen LogP) is 2.36. The summed E-state index contributed by atoms with van der Waals surface area (Å²) >= 11 is 2.93. The minimum Gasteiger partial charge on any atom is -0.384 e. The van der Waals surface area contributed by atoms with E-state index in [1.807, 2.05) is 0 Å². The number of anilines is 1. The third-order valence-electron chi connectivity index (χ3n) is 1.14. The van der Waals surface area contributed by atoms with Gasteiger partial charge in [0.25, 0.3) is 6.43 Å². The van der Waals surface area contributed by atoms with Crippen LogP contribution in [0.5, 0.6) is 0 Å². The highest BCUT2D eigenvalue weighted by molar-refractivity contribution is 9.10. The van der Waals surface area contributed by atoms with Crippen LogP contribution in [0.15, 0.2) is 16.7 Å². The van der Waals surface area contributed by atoms with E-state index in [0.29, 0.717) is 0 Å². The normalized spacial score (nSPS) is 10.5. The van der Waals surface area contributed by atoms with E-state index in [2.05, 4.69) is 20.9 Å². The second-order valence-corrected chi connectivity index (χ2v) is 2.79.